The van der Waals surface area contributed by atoms with E-state index in [9.17, 15) is 4.79 Å². The van der Waals surface area contributed by atoms with Crippen molar-refractivity contribution in [3.8, 4) is 0 Å². The summed E-state index contributed by atoms with van der Waals surface area (Å²) in [6.07, 6.45) is 1.83. The first-order valence-corrected chi connectivity index (χ1v) is 7.53. The summed E-state index contributed by atoms with van der Waals surface area (Å²) < 4.78 is 7.08. The van der Waals surface area contributed by atoms with E-state index in [1.54, 1.807) is 35.9 Å². The molecule has 1 atom stereocenters. The highest BCUT2D eigenvalue weighted by Crippen LogP contribution is 2.23. The van der Waals surface area contributed by atoms with Crippen molar-refractivity contribution in [2.24, 2.45) is 7.05 Å². The molecular formula is C17H16ClN3O2. The van der Waals surface area contributed by atoms with Crippen molar-refractivity contribution in [3.63, 3.8) is 0 Å². The Balaban J connectivity index is 1.92. The van der Waals surface area contributed by atoms with Crippen molar-refractivity contribution in [3.05, 3.63) is 76.5 Å². The lowest BCUT2D eigenvalue weighted by atomic mass is 10.0. The molecule has 3 rings (SSSR count). The Labute approximate surface area is 138 Å². The molecule has 2 aromatic heterocycles. The lowest BCUT2D eigenvalue weighted by Gasteiger charge is -2.17. The molecule has 1 N–H and O–H groups in total. The second kappa shape index (κ2) is 6.30. The third-order valence-electron chi connectivity index (χ3n) is 3.47. The predicted octanol–water partition coefficient (Wildman–Crippen LogP) is 3.49. The minimum absolute atomic E-state index is 0.275. The fourth-order valence-corrected chi connectivity index (χ4v) is 2.46. The van der Waals surface area contributed by atoms with Gasteiger partial charge in [-0.3, -0.25) is 9.48 Å². The molecule has 1 aromatic carbocycles. The van der Waals surface area contributed by atoms with Crippen LogP contribution in [0.4, 0.5) is 0 Å². The van der Waals surface area contributed by atoms with Crippen LogP contribution in [0.2, 0.25) is 5.02 Å². The molecule has 0 unspecified atom stereocenters. The van der Waals surface area contributed by atoms with E-state index in [1.807, 2.05) is 31.4 Å². The van der Waals surface area contributed by atoms with Crippen LogP contribution in [0.3, 0.4) is 0 Å². The minimum Gasteiger partial charge on any atom is -0.456 e. The maximum absolute atomic E-state index is 12.4. The molecule has 3 aromatic rings. The molecule has 0 aliphatic rings. The predicted molar refractivity (Wildman–Crippen MR) is 87.4 cm³/mol. The Kier molecular flexibility index (Phi) is 4.21. The van der Waals surface area contributed by atoms with Gasteiger partial charge in [0.25, 0.3) is 5.91 Å². The topological polar surface area (TPSA) is 60.1 Å². The first-order valence-electron chi connectivity index (χ1n) is 7.15. The van der Waals surface area contributed by atoms with Gasteiger partial charge in [-0.2, -0.15) is 5.10 Å². The van der Waals surface area contributed by atoms with E-state index in [4.69, 9.17) is 16.0 Å². The Morgan fingerprint density at radius 2 is 1.96 bits per heavy atom. The maximum atomic E-state index is 12.4. The molecule has 0 spiro atoms. The Bertz CT molecular complexity index is 820. The third kappa shape index (κ3) is 3.46. The standard InChI is InChI=1S/C17H16ClN3O2/c1-11-3-8-15(23-11)17(22)19-16(14-9-10-21(2)20-14)12-4-6-13(18)7-5-12/h3-10,16H,1-2H3,(H,19,22)/t16-/m0/s1. The SMILES string of the molecule is Cc1ccc(C(=O)N[C@@H](c2ccc(Cl)cc2)c2ccn(C)n2)o1. The van der Waals surface area contributed by atoms with E-state index in [1.165, 1.54) is 0 Å². The fourth-order valence-electron chi connectivity index (χ4n) is 2.33. The van der Waals surface area contributed by atoms with E-state index >= 15 is 0 Å². The number of carbonyl (C=O) groups excluding carboxylic acids is 1. The molecule has 0 radical (unpaired) electrons. The summed E-state index contributed by atoms with van der Waals surface area (Å²) in [7, 11) is 1.83. The first kappa shape index (κ1) is 15.4. The van der Waals surface area contributed by atoms with Gasteiger partial charge in [-0.1, -0.05) is 23.7 Å². The van der Waals surface area contributed by atoms with Crippen LogP contribution in [-0.2, 0) is 7.05 Å². The molecule has 2 heterocycles. The van der Waals surface area contributed by atoms with E-state index in [-0.39, 0.29) is 17.7 Å². The van der Waals surface area contributed by atoms with Crippen LogP contribution in [0.5, 0.6) is 0 Å². The molecule has 23 heavy (non-hydrogen) atoms. The molecule has 1 amide bonds. The monoisotopic (exact) mass is 329 g/mol. The summed E-state index contributed by atoms with van der Waals surface area (Å²) >= 11 is 5.95. The van der Waals surface area contributed by atoms with Gasteiger partial charge in [0.15, 0.2) is 5.76 Å². The molecule has 118 valence electrons. The van der Waals surface area contributed by atoms with E-state index in [0.717, 1.165) is 11.3 Å². The highest BCUT2D eigenvalue weighted by Gasteiger charge is 2.21. The van der Waals surface area contributed by atoms with Crippen molar-refractivity contribution in [1.29, 1.82) is 0 Å². The molecule has 0 saturated carbocycles. The van der Waals surface area contributed by atoms with Gasteiger partial charge in [0.2, 0.25) is 0 Å². The highest BCUT2D eigenvalue weighted by molar-refractivity contribution is 6.30. The number of hydrogen-bond acceptors (Lipinski definition) is 3. The zero-order chi connectivity index (χ0) is 16.4. The number of carbonyl (C=O) groups is 1. The number of nitrogens with zero attached hydrogens (tertiary/aromatic N) is 2. The normalized spacial score (nSPS) is 12.1. The quantitative estimate of drug-likeness (QED) is 0.797. The number of halogens is 1. The van der Waals surface area contributed by atoms with E-state index < -0.39 is 0 Å². The van der Waals surface area contributed by atoms with Gasteiger partial charge >= 0.3 is 0 Å². The van der Waals surface area contributed by atoms with Gasteiger partial charge < -0.3 is 9.73 Å². The lowest BCUT2D eigenvalue weighted by molar-refractivity contribution is 0.0913. The van der Waals surface area contributed by atoms with Gasteiger partial charge in [-0.25, -0.2) is 0 Å². The van der Waals surface area contributed by atoms with Crippen LogP contribution in [0.25, 0.3) is 0 Å². The van der Waals surface area contributed by atoms with Gasteiger partial charge in [0.1, 0.15) is 5.76 Å². The van der Waals surface area contributed by atoms with E-state index in [0.29, 0.717) is 10.8 Å². The number of aryl methyl sites for hydroxylation is 2. The average molecular weight is 330 g/mol. The van der Waals surface area contributed by atoms with Crippen LogP contribution in [-0.4, -0.2) is 15.7 Å². The van der Waals surface area contributed by atoms with Crippen molar-refractivity contribution in [2.75, 3.05) is 0 Å². The molecular weight excluding hydrogens is 314 g/mol. The second-order valence-corrected chi connectivity index (χ2v) is 5.72. The summed E-state index contributed by atoms with van der Waals surface area (Å²) in [4.78, 5) is 12.4. The molecule has 0 saturated heterocycles. The number of aromatic nitrogens is 2. The van der Waals surface area contributed by atoms with Crippen LogP contribution >= 0.6 is 11.6 Å². The van der Waals surface area contributed by atoms with E-state index in [2.05, 4.69) is 10.4 Å². The largest absolute Gasteiger partial charge is 0.456 e. The highest BCUT2D eigenvalue weighted by atomic mass is 35.5. The van der Waals surface area contributed by atoms with Crippen molar-refractivity contribution < 1.29 is 9.21 Å². The third-order valence-corrected chi connectivity index (χ3v) is 3.72. The van der Waals surface area contributed by atoms with Gasteiger partial charge in [-0.15, -0.1) is 0 Å². The first-order chi connectivity index (χ1) is 11.0. The molecule has 0 aliphatic heterocycles. The van der Waals surface area contributed by atoms with Crippen LogP contribution in [0.1, 0.15) is 33.6 Å². The number of benzene rings is 1. The smallest absolute Gasteiger partial charge is 0.287 e. The lowest BCUT2D eigenvalue weighted by Crippen LogP contribution is -2.29. The molecule has 0 bridgehead atoms. The fraction of sp³-hybridized carbons (Fsp3) is 0.176. The molecule has 0 fully saturated rings. The van der Waals surface area contributed by atoms with Crippen LogP contribution in [0, 0.1) is 6.92 Å². The van der Waals surface area contributed by atoms with Crippen molar-refractivity contribution in [1.82, 2.24) is 15.1 Å². The van der Waals surface area contributed by atoms with Crippen LogP contribution < -0.4 is 5.32 Å². The van der Waals surface area contributed by atoms with Gasteiger partial charge in [0.05, 0.1) is 11.7 Å². The Morgan fingerprint density at radius 3 is 2.52 bits per heavy atom. The van der Waals surface area contributed by atoms with Gasteiger partial charge in [0, 0.05) is 18.3 Å². The average Bonchev–Trinajstić information content (AvgIpc) is 3.14. The molecule has 5 nitrogen and oxygen atoms in total. The van der Waals surface area contributed by atoms with Crippen molar-refractivity contribution in [2.45, 2.75) is 13.0 Å². The van der Waals surface area contributed by atoms with Crippen molar-refractivity contribution >= 4 is 17.5 Å². The Hall–Kier alpha value is -2.53. The zero-order valence-corrected chi connectivity index (χ0v) is 13.5. The summed E-state index contributed by atoms with van der Waals surface area (Å²) in [5.41, 5.74) is 1.64. The number of hydrogen-bond donors (Lipinski definition) is 1. The Morgan fingerprint density at radius 1 is 1.22 bits per heavy atom. The number of furan rings is 1. The number of rotatable bonds is 4. The second-order valence-electron chi connectivity index (χ2n) is 5.28. The minimum atomic E-state index is -0.383. The summed E-state index contributed by atoms with van der Waals surface area (Å²) in [6, 6.07) is 12.2. The van der Waals surface area contributed by atoms with Crippen LogP contribution in [0.15, 0.2) is 53.1 Å². The maximum Gasteiger partial charge on any atom is 0.287 e. The number of nitrogens with one attached hydrogen (secondary N) is 1. The molecule has 6 heteroatoms. The van der Waals surface area contributed by atoms with Gasteiger partial charge in [-0.05, 0) is 42.8 Å². The zero-order valence-electron chi connectivity index (χ0n) is 12.8. The summed E-state index contributed by atoms with van der Waals surface area (Å²) in [5.74, 6) is 0.678. The summed E-state index contributed by atoms with van der Waals surface area (Å²) in [5, 5.41) is 8.00. The number of amides is 1. The molecule has 0 aliphatic carbocycles. The summed E-state index contributed by atoms with van der Waals surface area (Å²) in [6.45, 7) is 1.80.